The minimum absolute atomic E-state index is 0.108. The second-order valence-corrected chi connectivity index (χ2v) is 32.2. The Labute approximate surface area is 607 Å². The van der Waals surface area contributed by atoms with Crippen LogP contribution in [0.2, 0.25) is 0 Å². The fourth-order valence-electron chi connectivity index (χ4n) is 12.4. The molecule has 0 fully saturated rings. The van der Waals surface area contributed by atoms with Crippen LogP contribution in [0.5, 0.6) is 0 Å². The Morgan fingerprint density at radius 1 is 0.273 bits per heavy atom. The van der Waals surface area contributed by atoms with Gasteiger partial charge in [0.15, 0.2) is 12.2 Å². The molecule has 0 heterocycles. The van der Waals surface area contributed by atoms with Gasteiger partial charge in [0.2, 0.25) is 0 Å². The quantitative estimate of drug-likeness (QED) is 0.0222. The third-order valence-corrected chi connectivity index (χ3v) is 20.7. The van der Waals surface area contributed by atoms with Gasteiger partial charge in [-0.25, -0.2) is 9.13 Å². The first-order chi connectivity index (χ1) is 48.0. The van der Waals surface area contributed by atoms with Crippen molar-refractivity contribution < 1.29 is 80.2 Å². The second-order valence-electron chi connectivity index (χ2n) is 29.3. The number of phosphoric acid groups is 2. The van der Waals surface area contributed by atoms with E-state index in [1.807, 2.05) is 0 Å². The van der Waals surface area contributed by atoms with Crippen LogP contribution >= 0.6 is 15.6 Å². The van der Waals surface area contributed by atoms with Gasteiger partial charge >= 0.3 is 39.5 Å². The minimum Gasteiger partial charge on any atom is -0.462 e. The van der Waals surface area contributed by atoms with Crippen molar-refractivity contribution in [1.29, 1.82) is 0 Å². The van der Waals surface area contributed by atoms with E-state index in [9.17, 15) is 43.2 Å². The largest absolute Gasteiger partial charge is 0.472 e. The third kappa shape index (κ3) is 74.1. The SMILES string of the molecule is CCCCCCCCCCCCCCCCCCCCC(=O)O[C@H](COC(=O)CCCCCCCCCCCCCCCCCC)COP(=O)(O)OC[C@@H](O)COP(=O)(O)OC[C@@H](COC(=O)CCCCCCCCCCCC(C)C)OC(=O)CCCCCCCCCCCCCCC. The van der Waals surface area contributed by atoms with Crippen LogP contribution < -0.4 is 0 Å². The van der Waals surface area contributed by atoms with Gasteiger partial charge < -0.3 is 33.8 Å². The van der Waals surface area contributed by atoms with Gasteiger partial charge in [-0.05, 0) is 31.6 Å². The Morgan fingerprint density at radius 2 is 0.465 bits per heavy atom. The molecule has 0 aliphatic rings. The van der Waals surface area contributed by atoms with Crippen molar-refractivity contribution in [3.63, 3.8) is 0 Å². The summed E-state index contributed by atoms with van der Waals surface area (Å²) >= 11 is 0. The molecule has 0 saturated heterocycles. The normalized spacial score (nSPS) is 13.9. The number of aliphatic hydroxyl groups excluding tert-OH is 1. The van der Waals surface area contributed by atoms with E-state index in [1.165, 1.54) is 250 Å². The minimum atomic E-state index is -4.96. The third-order valence-electron chi connectivity index (χ3n) is 18.8. The lowest BCUT2D eigenvalue weighted by Crippen LogP contribution is -2.30. The number of carbonyl (C=O) groups is 4. The Hall–Kier alpha value is -1.94. The maximum Gasteiger partial charge on any atom is 0.472 e. The maximum absolute atomic E-state index is 13.1. The highest BCUT2D eigenvalue weighted by Gasteiger charge is 2.30. The van der Waals surface area contributed by atoms with Crippen molar-refractivity contribution >= 4 is 39.5 Å². The van der Waals surface area contributed by atoms with Gasteiger partial charge in [0.1, 0.15) is 19.3 Å². The molecule has 2 unspecified atom stereocenters. The van der Waals surface area contributed by atoms with Crippen molar-refractivity contribution in [3.05, 3.63) is 0 Å². The van der Waals surface area contributed by atoms with E-state index in [1.54, 1.807) is 0 Å². The summed E-state index contributed by atoms with van der Waals surface area (Å²) in [6.07, 6.45) is 63.7. The summed E-state index contributed by atoms with van der Waals surface area (Å²) in [5, 5.41) is 10.6. The van der Waals surface area contributed by atoms with E-state index < -0.39 is 97.5 Å². The van der Waals surface area contributed by atoms with E-state index in [0.29, 0.717) is 25.7 Å². The Morgan fingerprint density at radius 3 is 0.687 bits per heavy atom. The van der Waals surface area contributed by atoms with Crippen LogP contribution in [0.15, 0.2) is 0 Å². The lowest BCUT2D eigenvalue weighted by molar-refractivity contribution is -0.161. The molecule has 588 valence electrons. The zero-order valence-electron chi connectivity index (χ0n) is 64.6. The predicted octanol–water partition coefficient (Wildman–Crippen LogP) is 24.0. The molecule has 0 aromatic carbocycles. The van der Waals surface area contributed by atoms with Gasteiger partial charge in [-0.2, -0.15) is 0 Å². The lowest BCUT2D eigenvalue weighted by Gasteiger charge is -2.21. The zero-order valence-corrected chi connectivity index (χ0v) is 66.4. The van der Waals surface area contributed by atoms with E-state index in [0.717, 1.165) is 95.8 Å². The average molecular weight is 1450 g/mol. The summed E-state index contributed by atoms with van der Waals surface area (Å²) < 4.78 is 68.7. The Balaban J connectivity index is 5.25. The highest BCUT2D eigenvalue weighted by Crippen LogP contribution is 2.45. The molecular formula is C80H156O17P2. The summed E-state index contributed by atoms with van der Waals surface area (Å²) in [7, 11) is -9.92. The fraction of sp³-hybridized carbons (Fsp3) is 0.950. The number of hydrogen-bond acceptors (Lipinski definition) is 15. The van der Waals surface area contributed by atoms with Crippen LogP contribution in [0.1, 0.15) is 426 Å². The fourth-order valence-corrected chi connectivity index (χ4v) is 14.0. The van der Waals surface area contributed by atoms with Gasteiger partial charge in [-0.3, -0.25) is 37.3 Å². The molecule has 0 aromatic heterocycles. The molecule has 0 saturated carbocycles. The smallest absolute Gasteiger partial charge is 0.462 e. The van der Waals surface area contributed by atoms with Crippen LogP contribution in [-0.4, -0.2) is 96.7 Å². The Kier molecular flexibility index (Phi) is 71.6. The van der Waals surface area contributed by atoms with Gasteiger partial charge in [0.25, 0.3) is 0 Å². The molecule has 0 rings (SSSR count). The summed E-state index contributed by atoms with van der Waals surface area (Å²) in [4.78, 5) is 73.0. The highest BCUT2D eigenvalue weighted by molar-refractivity contribution is 7.47. The van der Waals surface area contributed by atoms with E-state index in [-0.39, 0.29) is 25.7 Å². The molecule has 5 atom stereocenters. The zero-order chi connectivity index (χ0) is 72.7. The maximum atomic E-state index is 13.1. The van der Waals surface area contributed by atoms with Crippen LogP contribution in [-0.2, 0) is 65.4 Å². The average Bonchev–Trinajstić information content (AvgIpc) is 1.28. The standard InChI is InChI=1S/C80H156O17P2/c1-6-9-12-15-18-21-24-27-29-31-32-34-37-40-45-51-56-61-66-80(85)96-75(69-90-77(82)63-58-53-48-43-38-36-33-30-28-25-22-19-16-13-10-7-2)71-94-98(86,87)92-67-74(81)68-93-99(88,89)95-72-76(70-91-78(83)64-59-54-49-46-41-42-47-52-57-62-73(4)5)97-79(84)65-60-55-50-44-39-35-26-23-20-17-14-11-8-3/h73-76,81H,6-72H2,1-5H3,(H,86,87)(H,88,89)/t74-,75-,76-/m1/s1. The molecule has 0 aliphatic heterocycles. The van der Waals surface area contributed by atoms with Gasteiger partial charge in [-0.15, -0.1) is 0 Å². The molecular weight excluding hydrogens is 1290 g/mol. The molecule has 3 N–H and O–H groups in total. The number of carbonyl (C=O) groups excluding carboxylic acids is 4. The van der Waals surface area contributed by atoms with Gasteiger partial charge in [0, 0.05) is 25.7 Å². The topological polar surface area (TPSA) is 237 Å². The molecule has 19 heteroatoms. The first kappa shape index (κ1) is 97.1. The number of phosphoric ester groups is 2. The van der Waals surface area contributed by atoms with Crippen LogP contribution in [0.3, 0.4) is 0 Å². The summed E-state index contributed by atoms with van der Waals surface area (Å²) in [5.41, 5.74) is 0. The number of aliphatic hydroxyl groups is 1. The summed E-state index contributed by atoms with van der Waals surface area (Å²) in [6, 6.07) is 0. The lowest BCUT2D eigenvalue weighted by atomic mass is 10.0. The molecule has 0 spiro atoms. The molecule has 0 bridgehead atoms. The molecule has 99 heavy (non-hydrogen) atoms. The summed E-state index contributed by atoms with van der Waals surface area (Å²) in [5.74, 6) is -1.36. The van der Waals surface area contributed by atoms with Crippen LogP contribution in [0.25, 0.3) is 0 Å². The monoisotopic (exact) mass is 1450 g/mol. The van der Waals surface area contributed by atoms with Crippen molar-refractivity contribution in [2.24, 2.45) is 5.92 Å². The molecule has 0 aliphatic carbocycles. The first-order valence-electron chi connectivity index (χ1n) is 41.6. The molecule has 0 radical (unpaired) electrons. The van der Waals surface area contributed by atoms with Crippen molar-refractivity contribution in [1.82, 2.24) is 0 Å². The number of esters is 4. The van der Waals surface area contributed by atoms with Crippen LogP contribution in [0.4, 0.5) is 0 Å². The number of unbranched alkanes of at least 4 members (excludes halogenated alkanes) is 52. The molecule has 0 aromatic rings. The Bertz CT molecular complexity index is 1890. The predicted molar refractivity (Wildman–Crippen MR) is 405 cm³/mol. The van der Waals surface area contributed by atoms with Gasteiger partial charge in [-0.1, -0.05) is 375 Å². The number of hydrogen-bond donors (Lipinski definition) is 3. The first-order valence-corrected chi connectivity index (χ1v) is 44.6. The highest BCUT2D eigenvalue weighted by atomic mass is 31.2. The molecule has 0 amide bonds. The van der Waals surface area contributed by atoms with E-state index in [2.05, 4.69) is 34.6 Å². The van der Waals surface area contributed by atoms with Crippen LogP contribution in [0, 0.1) is 5.92 Å². The van der Waals surface area contributed by atoms with Crippen molar-refractivity contribution in [2.45, 2.75) is 445 Å². The van der Waals surface area contributed by atoms with E-state index in [4.69, 9.17) is 37.0 Å². The van der Waals surface area contributed by atoms with Gasteiger partial charge in [0.05, 0.1) is 26.4 Å². The second kappa shape index (κ2) is 73.0. The van der Waals surface area contributed by atoms with Crippen molar-refractivity contribution in [2.75, 3.05) is 39.6 Å². The summed E-state index contributed by atoms with van der Waals surface area (Å²) in [6.45, 7) is 7.31. The molecule has 17 nitrogen and oxygen atoms in total. The number of ether oxygens (including phenoxy) is 4. The number of rotatable bonds is 80. The van der Waals surface area contributed by atoms with Crippen molar-refractivity contribution in [3.8, 4) is 0 Å². The van der Waals surface area contributed by atoms with E-state index >= 15 is 0 Å².